The maximum atomic E-state index is 6.23. The molecule has 0 amide bonds. The van der Waals surface area contributed by atoms with Gasteiger partial charge in [0.1, 0.15) is 0 Å². The molecule has 0 aliphatic heterocycles. The molecule has 0 radical (unpaired) electrons. The van der Waals surface area contributed by atoms with Crippen LogP contribution in [0.2, 0.25) is 5.02 Å². The van der Waals surface area contributed by atoms with Gasteiger partial charge >= 0.3 is 0 Å². The van der Waals surface area contributed by atoms with E-state index >= 15 is 0 Å². The molecule has 0 saturated heterocycles. The molecule has 0 atom stereocenters. The number of fused-ring (bicyclic) bond motifs is 1. The van der Waals surface area contributed by atoms with Gasteiger partial charge in [0, 0.05) is 17.6 Å². The summed E-state index contributed by atoms with van der Waals surface area (Å²) in [7, 11) is 0. The number of hydrogen-bond donors (Lipinski definition) is 0. The van der Waals surface area contributed by atoms with Gasteiger partial charge in [-0.25, -0.2) is 15.0 Å². The Morgan fingerprint density at radius 2 is 1.89 bits per heavy atom. The largest absolute Gasteiger partial charge is 0.237 e. The summed E-state index contributed by atoms with van der Waals surface area (Å²) in [6, 6.07) is 11.1. The predicted molar refractivity (Wildman–Crippen MR) is 72.2 cm³/mol. The van der Waals surface area contributed by atoms with Gasteiger partial charge in [0.05, 0.1) is 29.4 Å². The highest BCUT2D eigenvalue weighted by molar-refractivity contribution is 6.35. The minimum atomic E-state index is 0.622. The second kappa shape index (κ2) is 4.27. The molecule has 3 rings (SSSR count). The highest BCUT2D eigenvalue weighted by Gasteiger charge is 2.08. The normalized spacial score (nSPS) is 10.7. The Morgan fingerprint density at radius 1 is 1.00 bits per heavy atom. The summed E-state index contributed by atoms with van der Waals surface area (Å²) in [6.07, 6.45) is 1.70. The molecule has 18 heavy (non-hydrogen) atoms. The summed E-state index contributed by atoms with van der Waals surface area (Å²) < 4.78 is 0. The van der Waals surface area contributed by atoms with Crippen molar-refractivity contribution in [2.45, 2.75) is 0 Å². The Bertz CT molecular complexity index is 725. The van der Waals surface area contributed by atoms with Crippen molar-refractivity contribution in [3.63, 3.8) is 0 Å². The van der Waals surface area contributed by atoms with Crippen LogP contribution in [0.1, 0.15) is 5.69 Å². The molecule has 0 aliphatic carbocycles. The molecule has 3 aromatic heterocycles. The van der Waals surface area contributed by atoms with E-state index in [0.717, 1.165) is 11.1 Å². The standard InChI is InChI=1S/C14H9ClN3/c1-9-4-2-6-12(17-9)13-8-11(15)10-5-3-7-16-14(10)18-13/h2-8H,1H2/q+1. The average molecular weight is 255 g/mol. The van der Waals surface area contributed by atoms with E-state index in [4.69, 9.17) is 11.6 Å². The Hall–Kier alpha value is -2.13. The lowest BCUT2D eigenvalue weighted by atomic mass is 10.2. The minimum Gasteiger partial charge on any atom is -0.237 e. The first-order valence-electron chi connectivity index (χ1n) is 5.45. The third-order valence-corrected chi connectivity index (χ3v) is 2.92. The van der Waals surface area contributed by atoms with Crippen molar-refractivity contribution >= 4 is 22.6 Å². The van der Waals surface area contributed by atoms with Gasteiger partial charge in [-0.2, -0.15) is 0 Å². The summed E-state index contributed by atoms with van der Waals surface area (Å²) >= 11 is 6.23. The van der Waals surface area contributed by atoms with E-state index in [2.05, 4.69) is 21.9 Å². The van der Waals surface area contributed by atoms with E-state index in [9.17, 15) is 0 Å². The number of hydrogen-bond acceptors (Lipinski definition) is 3. The van der Waals surface area contributed by atoms with E-state index < -0.39 is 0 Å². The fourth-order valence-electron chi connectivity index (χ4n) is 1.77. The third-order valence-electron chi connectivity index (χ3n) is 2.60. The van der Waals surface area contributed by atoms with Gasteiger partial charge in [-0.05, 0) is 24.3 Å². The molecule has 86 valence electrons. The molecular weight excluding hydrogens is 246 g/mol. The van der Waals surface area contributed by atoms with Crippen molar-refractivity contribution in [1.82, 2.24) is 15.0 Å². The summed E-state index contributed by atoms with van der Waals surface area (Å²) in [6.45, 7) is 3.80. The maximum absolute atomic E-state index is 6.23. The first kappa shape index (κ1) is 11.0. The van der Waals surface area contributed by atoms with Crippen LogP contribution in [0.5, 0.6) is 0 Å². The molecular formula is C14H9ClN3+. The van der Waals surface area contributed by atoms with Crippen LogP contribution in [-0.4, -0.2) is 15.0 Å². The Labute approximate surface area is 109 Å². The number of halogens is 1. The molecule has 3 heterocycles. The molecule has 3 nitrogen and oxygen atoms in total. The fraction of sp³-hybridized carbons (Fsp3) is 0. The van der Waals surface area contributed by atoms with Crippen LogP contribution in [0.15, 0.2) is 42.6 Å². The molecule has 4 heteroatoms. The van der Waals surface area contributed by atoms with Crippen LogP contribution in [0.3, 0.4) is 0 Å². The monoisotopic (exact) mass is 254 g/mol. The van der Waals surface area contributed by atoms with Crippen molar-refractivity contribution in [2.24, 2.45) is 0 Å². The van der Waals surface area contributed by atoms with Gasteiger partial charge in [-0.1, -0.05) is 11.6 Å². The van der Waals surface area contributed by atoms with Gasteiger partial charge in [0.15, 0.2) is 5.65 Å². The summed E-state index contributed by atoms with van der Waals surface area (Å²) in [5.41, 5.74) is 2.77. The summed E-state index contributed by atoms with van der Waals surface area (Å²) in [5.74, 6) is 0. The third kappa shape index (κ3) is 1.89. The maximum Gasteiger partial charge on any atom is 0.217 e. The average Bonchev–Trinajstić information content (AvgIpc) is 2.39. The first-order chi connectivity index (χ1) is 8.74. The lowest BCUT2D eigenvalue weighted by Crippen LogP contribution is -1.92. The number of aromatic nitrogens is 3. The highest BCUT2D eigenvalue weighted by Crippen LogP contribution is 2.25. The molecule has 0 aliphatic rings. The van der Waals surface area contributed by atoms with E-state index in [-0.39, 0.29) is 0 Å². The summed E-state index contributed by atoms with van der Waals surface area (Å²) in [4.78, 5) is 13.0. The predicted octanol–water partition coefficient (Wildman–Crippen LogP) is 3.53. The molecule has 0 N–H and O–H groups in total. The SMILES string of the molecule is [CH2+]c1cccc(-c2cc(Cl)c3cccnc3n2)n1. The zero-order valence-electron chi connectivity index (χ0n) is 9.47. The van der Waals surface area contributed by atoms with Crippen LogP contribution in [-0.2, 0) is 0 Å². The molecule has 0 fully saturated rings. The fourth-order valence-corrected chi connectivity index (χ4v) is 2.02. The van der Waals surface area contributed by atoms with Crippen LogP contribution >= 0.6 is 11.6 Å². The van der Waals surface area contributed by atoms with E-state index in [0.29, 0.717) is 22.1 Å². The topological polar surface area (TPSA) is 38.7 Å². The highest BCUT2D eigenvalue weighted by atomic mass is 35.5. The van der Waals surface area contributed by atoms with Gasteiger partial charge in [0.2, 0.25) is 5.69 Å². The van der Waals surface area contributed by atoms with Gasteiger partial charge in [-0.15, -0.1) is 0 Å². The van der Waals surface area contributed by atoms with E-state index in [1.165, 1.54) is 0 Å². The van der Waals surface area contributed by atoms with Crippen LogP contribution in [0.4, 0.5) is 0 Å². The second-order valence-corrected chi connectivity index (χ2v) is 4.29. The zero-order chi connectivity index (χ0) is 12.5. The molecule has 3 aromatic rings. The van der Waals surface area contributed by atoms with Crippen molar-refractivity contribution in [2.75, 3.05) is 0 Å². The molecule has 0 aromatic carbocycles. The first-order valence-corrected chi connectivity index (χ1v) is 5.82. The van der Waals surface area contributed by atoms with Crippen molar-refractivity contribution in [3.8, 4) is 11.4 Å². The second-order valence-electron chi connectivity index (χ2n) is 3.88. The summed E-state index contributed by atoms with van der Waals surface area (Å²) in [5, 5.41) is 1.47. The van der Waals surface area contributed by atoms with Crippen LogP contribution in [0.25, 0.3) is 22.4 Å². The Kier molecular flexibility index (Phi) is 2.61. The quantitative estimate of drug-likeness (QED) is 0.624. The number of nitrogens with zero attached hydrogens (tertiary/aromatic N) is 3. The van der Waals surface area contributed by atoms with Crippen molar-refractivity contribution in [3.05, 3.63) is 60.2 Å². The van der Waals surface area contributed by atoms with E-state index in [1.54, 1.807) is 12.3 Å². The van der Waals surface area contributed by atoms with Gasteiger partial charge < -0.3 is 0 Å². The lowest BCUT2D eigenvalue weighted by molar-refractivity contribution is 1.22. The lowest BCUT2D eigenvalue weighted by Gasteiger charge is -2.03. The Balaban J connectivity index is 2.24. The Morgan fingerprint density at radius 3 is 2.72 bits per heavy atom. The number of pyridine rings is 3. The van der Waals surface area contributed by atoms with Crippen molar-refractivity contribution < 1.29 is 0 Å². The molecule has 0 spiro atoms. The van der Waals surface area contributed by atoms with Crippen LogP contribution in [0, 0.1) is 6.92 Å². The minimum absolute atomic E-state index is 0.622. The smallest absolute Gasteiger partial charge is 0.217 e. The molecule has 0 unspecified atom stereocenters. The van der Waals surface area contributed by atoms with Crippen LogP contribution < -0.4 is 0 Å². The molecule has 0 bridgehead atoms. The zero-order valence-corrected chi connectivity index (χ0v) is 10.2. The molecule has 0 saturated carbocycles. The number of rotatable bonds is 1. The van der Waals surface area contributed by atoms with Gasteiger partial charge in [0.25, 0.3) is 0 Å². The van der Waals surface area contributed by atoms with Gasteiger partial charge in [-0.3, -0.25) is 0 Å². The van der Waals surface area contributed by atoms with E-state index in [1.807, 2.05) is 30.3 Å². The van der Waals surface area contributed by atoms with Crippen molar-refractivity contribution in [1.29, 1.82) is 0 Å².